The van der Waals surface area contributed by atoms with Gasteiger partial charge in [-0.3, -0.25) is 48.1 Å². The van der Waals surface area contributed by atoms with Gasteiger partial charge in [-0.05, 0) is 112 Å². The van der Waals surface area contributed by atoms with Gasteiger partial charge in [-0.15, -0.1) is 0 Å². The van der Waals surface area contributed by atoms with Crippen LogP contribution in [0.15, 0.2) is 0 Å². The van der Waals surface area contributed by atoms with E-state index >= 15 is 0 Å². The number of nitrogens with one attached hydrogen (secondary N) is 8. The fourth-order valence-electron chi connectivity index (χ4n) is 15.2. The minimum Gasteiger partial charge on any atom is -0.394 e. The summed E-state index contributed by atoms with van der Waals surface area (Å²) >= 11 is 0. The van der Waals surface area contributed by atoms with E-state index in [1.54, 1.807) is 13.8 Å². The second kappa shape index (κ2) is 69.2. The molecule has 0 unspecified atom stereocenters. The molecule has 49 heteroatoms. The Labute approximate surface area is 799 Å². The molecule has 798 valence electrons. The molecular weight excluding hydrogens is 1820 g/mol. The number of nitrogens with zero attached hydrogens (tertiary/aromatic N) is 1. The highest BCUT2D eigenvalue weighted by Gasteiger charge is 2.53. The largest absolute Gasteiger partial charge is 0.394 e. The maximum absolute atomic E-state index is 13.1. The number of unbranched alkanes of at least 4 members (excludes halogenated alkanes) is 12. The van der Waals surface area contributed by atoms with E-state index in [1.165, 1.54) is 11.8 Å². The maximum atomic E-state index is 13.1. The van der Waals surface area contributed by atoms with Gasteiger partial charge >= 0.3 is 0 Å². The molecule has 0 spiro atoms. The predicted molar refractivity (Wildman–Crippen MR) is 478 cm³/mol. The second-order valence-electron chi connectivity index (χ2n) is 34.8. The van der Waals surface area contributed by atoms with Crippen LogP contribution in [-0.4, -0.2) is 457 Å². The third-order valence-corrected chi connectivity index (χ3v) is 23.4. The van der Waals surface area contributed by atoms with E-state index in [0.29, 0.717) is 142 Å². The van der Waals surface area contributed by atoms with Crippen molar-refractivity contribution >= 4 is 53.0 Å². The lowest BCUT2D eigenvalue weighted by Gasteiger charge is -2.46. The van der Waals surface area contributed by atoms with Gasteiger partial charge in [0.05, 0.1) is 77.6 Å². The third kappa shape index (κ3) is 46.2. The highest BCUT2D eigenvalue weighted by atomic mass is 16.8. The third-order valence-electron chi connectivity index (χ3n) is 23.4. The lowest BCUT2D eigenvalue weighted by atomic mass is 9.96. The van der Waals surface area contributed by atoms with E-state index in [0.717, 1.165) is 38.5 Å². The molecule has 49 nitrogen and oxygen atoms in total. The Hall–Kier alpha value is -5.85. The highest BCUT2D eigenvalue weighted by molar-refractivity contribution is 5.84. The SMILES string of the molecule is CCNC(=O)CCCCC(=O)CCCO[C@@H]1O[C@@H](C)[C@@H](O)[C@@H](O)[C@@H]1O.CCNC(=O)CCCCCCCCO[C@@H]1O[C@@H](C)[C@@H](O)[C@@H](O)[C@@H]1O.CCNC(=O)CCCCCNC(=O)CN(CC(=O)NCCCCCC(=O)NCCO[C@@H]1O[C@@H](C)[C@@H](O)[C@@H](O)[C@@H]1O)CC(=O)NCCCCCC(=O)NCCO[C@H]1O[C@H](CO[C@H]2O[C@H](CO)[C@@H](O)[C@H](O)[C@@H]2O)[C@@H](O)[C@H](O[C@H]2O[C@H](CO)[C@@H](O)[C@H](O)[C@@H]2O)[C@@H]1O. The molecular formula is C88H161N9O40. The Kier molecular flexibility index (Phi) is 62.3. The number of rotatable bonds is 62. The van der Waals surface area contributed by atoms with Gasteiger partial charge in [0.1, 0.15) is 134 Å². The van der Waals surface area contributed by atoms with Crippen LogP contribution in [0.25, 0.3) is 0 Å². The number of hydrogen-bond acceptors (Lipinski definition) is 41. The number of ether oxygens (including phenoxy) is 12. The molecule has 0 aromatic heterocycles. The lowest BCUT2D eigenvalue weighted by Crippen LogP contribution is -2.65. The zero-order chi connectivity index (χ0) is 102. The Balaban J connectivity index is 0.000000642. The molecule has 0 saturated carbocycles. The Morgan fingerprint density at radius 3 is 0.912 bits per heavy atom. The number of aliphatic hydroxyl groups excluding tert-OH is 19. The lowest BCUT2D eigenvalue weighted by molar-refractivity contribution is -0.366. The summed E-state index contributed by atoms with van der Waals surface area (Å²) in [5, 5.41) is 214. The molecule has 27 N–H and O–H groups in total. The van der Waals surface area contributed by atoms with Crippen LogP contribution in [0.2, 0.25) is 0 Å². The van der Waals surface area contributed by atoms with Crippen molar-refractivity contribution in [2.45, 2.75) is 386 Å². The van der Waals surface area contributed by atoms with Crippen LogP contribution in [0.4, 0.5) is 0 Å². The number of Topliss-reactive ketones (excluding diaryl/α,β-unsaturated/α-hetero) is 1. The van der Waals surface area contributed by atoms with Crippen LogP contribution in [-0.2, 0) is 100.0 Å². The molecule has 8 amide bonds. The summed E-state index contributed by atoms with van der Waals surface area (Å²) in [6.45, 7) is 10.3. The van der Waals surface area contributed by atoms with Crippen LogP contribution in [0.5, 0.6) is 0 Å². The van der Waals surface area contributed by atoms with Crippen molar-refractivity contribution in [2.24, 2.45) is 0 Å². The number of hydrogen-bond donors (Lipinski definition) is 27. The first-order valence-corrected chi connectivity index (χ1v) is 48.2. The summed E-state index contributed by atoms with van der Waals surface area (Å²) in [4.78, 5) is 112. The van der Waals surface area contributed by atoms with Gasteiger partial charge in [-0.2, -0.15) is 0 Å². The van der Waals surface area contributed by atoms with Gasteiger partial charge in [0.2, 0.25) is 47.3 Å². The molecule has 6 aliphatic heterocycles. The molecule has 137 heavy (non-hydrogen) atoms. The van der Waals surface area contributed by atoms with Crippen molar-refractivity contribution in [3.63, 3.8) is 0 Å². The number of aliphatic hydroxyl groups is 19. The smallest absolute Gasteiger partial charge is 0.234 e. The number of carbonyl (C=O) groups is 9. The zero-order valence-corrected chi connectivity index (χ0v) is 79.7. The molecule has 6 saturated heterocycles. The molecule has 6 fully saturated rings. The van der Waals surface area contributed by atoms with E-state index in [2.05, 4.69) is 42.5 Å². The molecule has 6 rings (SSSR count). The van der Waals surface area contributed by atoms with E-state index in [4.69, 9.17) is 56.8 Å². The van der Waals surface area contributed by atoms with Crippen LogP contribution in [0.1, 0.15) is 202 Å². The molecule has 30 atom stereocenters. The summed E-state index contributed by atoms with van der Waals surface area (Å²) in [6, 6.07) is 0. The number of amides is 8. The standard InChI is InChI=1S/C54H97N7O27.C17H31NO7.C17H33NO6/c1-3-55-33(64)13-7-4-10-16-56-36(67)23-61(24-37(68)57-17-11-5-8-14-34(65)59-19-21-81-51-46(77)43(74)39(70)29(2)84-51)25-38(69)58-18-12-6-9-15-35(66)60-20-22-82-53-49(80)50(88-54-48(79)45(76)41(72)31(27-63)86-54)42(73)32(87-53)28-83-52-47(78)44(75)40(71)30(26-62)85-52;1-3-18-13(20)9-5-4-7-12(19)8-6-10-24-17-16(23)15(22)14(21)11(2)25-17;1-3-18-13(19)10-8-6-4-5-7-9-11-23-17-16(22)15(21)14(20)12(2)24-17/h29-32,39-54,62-63,70-80H,3-28H2,1-2H3,(H,55,64)(H,56,67)(H,57,68)(H,58,69)(H,59,65)(H,60,66);11,14-17,21-23H,3-10H2,1-2H3,(H,18,20);12,14-17,20-22H,3-11H2,1-2H3,(H,18,19)/t29-,30+,31+,32+,39+,40+,41+,42+,43+,44-,45-,46-,47-,48-,49-,50-,51+,52-,53-,54+;11-,14+,15+,16-,17+;12-,14+,15+,16-,17+/m000/s1. The summed E-state index contributed by atoms with van der Waals surface area (Å²) in [7, 11) is 0. The van der Waals surface area contributed by atoms with E-state index in [-0.39, 0.29) is 114 Å². The molecule has 6 aliphatic rings. The van der Waals surface area contributed by atoms with Crippen molar-refractivity contribution in [3.05, 3.63) is 0 Å². The Morgan fingerprint density at radius 1 is 0.255 bits per heavy atom. The van der Waals surface area contributed by atoms with E-state index < -0.39 is 222 Å². The minimum atomic E-state index is -1.94. The Bertz CT molecular complexity index is 3360. The molecule has 0 aromatic carbocycles. The number of ketones is 1. The topological polar surface area (TPSA) is 748 Å². The average Bonchev–Trinajstić information content (AvgIpc) is 0.780. The fraction of sp³-hybridized carbons (Fsp3) is 0.898. The number of carbonyl (C=O) groups excluding carboxylic acids is 9. The highest BCUT2D eigenvalue weighted by Crippen LogP contribution is 2.33. The van der Waals surface area contributed by atoms with E-state index in [1.807, 2.05) is 20.8 Å². The van der Waals surface area contributed by atoms with Crippen LogP contribution in [0.3, 0.4) is 0 Å². The normalized spacial score (nSPS) is 31.5. The molecule has 6 heterocycles. The van der Waals surface area contributed by atoms with Crippen LogP contribution >= 0.6 is 0 Å². The van der Waals surface area contributed by atoms with Crippen molar-refractivity contribution in [1.82, 2.24) is 47.4 Å². The summed E-state index contributed by atoms with van der Waals surface area (Å²) in [5.41, 5.74) is 0. The van der Waals surface area contributed by atoms with Crippen LogP contribution in [0, 0.1) is 0 Å². The van der Waals surface area contributed by atoms with Crippen molar-refractivity contribution in [3.8, 4) is 0 Å². The predicted octanol–water partition coefficient (Wildman–Crippen LogP) is -8.43. The molecule has 0 bridgehead atoms. The average molecular weight is 1990 g/mol. The summed E-state index contributed by atoms with van der Waals surface area (Å²) in [5.74, 6) is -1.74. The van der Waals surface area contributed by atoms with Gasteiger partial charge in [0, 0.05) is 104 Å². The summed E-state index contributed by atoms with van der Waals surface area (Å²) in [6.07, 6.45) is -27.1. The van der Waals surface area contributed by atoms with Gasteiger partial charge in [0.15, 0.2) is 37.7 Å². The molecule has 0 radical (unpaired) electrons. The maximum Gasteiger partial charge on any atom is 0.234 e. The van der Waals surface area contributed by atoms with E-state index in [9.17, 15) is 140 Å². The van der Waals surface area contributed by atoms with Gasteiger partial charge in [-0.25, -0.2) is 0 Å². The van der Waals surface area contributed by atoms with Gasteiger partial charge < -0.3 is 196 Å². The first-order valence-electron chi connectivity index (χ1n) is 48.2. The first kappa shape index (κ1) is 123. The minimum absolute atomic E-state index is 0.0101. The fourth-order valence-corrected chi connectivity index (χ4v) is 15.2. The molecule has 0 aromatic rings. The van der Waals surface area contributed by atoms with Gasteiger partial charge in [0.25, 0.3) is 0 Å². The molecule has 0 aliphatic carbocycles. The van der Waals surface area contributed by atoms with Crippen molar-refractivity contribution in [1.29, 1.82) is 0 Å². The van der Waals surface area contributed by atoms with Crippen molar-refractivity contribution < 1.29 is 197 Å². The summed E-state index contributed by atoms with van der Waals surface area (Å²) < 4.78 is 65.8. The quantitative estimate of drug-likeness (QED) is 0.0252. The first-order chi connectivity index (χ1) is 65.3. The Morgan fingerprint density at radius 2 is 0.533 bits per heavy atom. The zero-order valence-electron chi connectivity index (χ0n) is 79.7. The second-order valence-corrected chi connectivity index (χ2v) is 34.8. The van der Waals surface area contributed by atoms with Gasteiger partial charge in [-0.1, -0.05) is 44.9 Å². The van der Waals surface area contributed by atoms with Crippen LogP contribution < -0.4 is 42.5 Å². The monoisotopic (exact) mass is 1980 g/mol. The van der Waals surface area contributed by atoms with Crippen molar-refractivity contribution in [2.75, 3.05) is 118 Å².